The Hall–Kier alpha value is -3.29. The number of methoxy groups -OCH3 is 2. The van der Waals surface area contributed by atoms with E-state index < -0.39 is 0 Å². The van der Waals surface area contributed by atoms with E-state index in [1.165, 1.54) is 0 Å². The fourth-order valence-corrected chi connectivity index (χ4v) is 3.85. The van der Waals surface area contributed by atoms with Crippen LogP contribution in [0.4, 0.5) is 5.82 Å². The van der Waals surface area contributed by atoms with Crippen molar-refractivity contribution in [2.75, 3.05) is 51.9 Å². The van der Waals surface area contributed by atoms with Gasteiger partial charge in [0.1, 0.15) is 5.82 Å². The van der Waals surface area contributed by atoms with Gasteiger partial charge in [0.25, 0.3) is 0 Å². The maximum absolute atomic E-state index is 12.9. The van der Waals surface area contributed by atoms with Gasteiger partial charge in [-0.25, -0.2) is 9.78 Å². The minimum absolute atomic E-state index is 0.127. The molecule has 3 rings (SSSR count). The van der Waals surface area contributed by atoms with Crippen molar-refractivity contribution in [1.29, 1.82) is 0 Å². The van der Waals surface area contributed by atoms with E-state index in [1.54, 1.807) is 33.4 Å². The predicted octanol–water partition coefficient (Wildman–Crippen LogP) is 2.95. The van der Waals surface area contributed by atoms with Crippen molar-refractivity contribution in [2.24, 2.45) is 0 Å². The van der Waals surface area contributed by atoms with Crippen LogP contribution in [-0.4, -0.2) is 68.8 Å². The number of anilines is 1. The lowest BCUT2D eigenvalue weighted by molar-refractivity contribution is -0.130. The molecule has 0 N–H and O–H groups in total. The Morgan fingerprint density at radius 3 is 2.56 bits per heavy atom. The van der Waals surface area contributed by atoms with Crippen molar-refractivity contribution >= 4 is 17.7 Å². The number of hydrogen-bond donors (Lipinski definition) is 0. The maximum Gasteiger partial charge on any atom is 0.339 e. The molecule has 2 heterocycles. The monoisotopic (exact) mass is 441 g/mol. The van der Waals surface area contributed by atoms with Crippen LogP contribution >= 0.6 is 0 Å². The molecule has 1 aromatic heterocycles. The normalized spacial score (nSPS) is 14.0. The van der Waals surface area contributed by atoms with Gasteiger partial charge in [0.15, 0.2) is 11.5 Å². The van der Waals surface area contributed by atoms with Crippen LogP contribution in [0.2, 0.25) is 0 Å². The van der Waals surface area contributed by atoms with Crippen LogP contribution in [0.15, 0.2) is 36.5 Å². The number of benzene rings is 1. The number of carbonyl (C=O) groups excluding carboxylic acids is 2. The number of pyridine rings is 1. The van der Waals surface area contributed by atoms with E-state index in [0.717, 1.165) is 24.3 Å². The molecule has 32 heavy (non-hydrogen) atoms. The van der Waals surface area contributed by atoms with Crippen LogP contribution in [0.5, 0.6) is 11.5 Å². The highest BCUT2D eigenvalue weighted by Crippen LogP contribution is 2.31. The number of rotatable bonds is 8. The van der Waals surface area contributed by atoms with Crippen molar-refractivity contribution in [3.8, 4) is 11.5 Å². The first-order valence-electron chi connectivity index (χ1n) is 10.9. The summed E-state index contributed by atoms with van der Waals surface area (Å²) in [4.78, 5) is 33.2. The molecule has 0 atom stereocenters. The third-order valence-corrected chi connectivity index (χ3v) is 5.52. The molecular weight excluding hydrogens is 410 g/mol. The van der Waals surface area contributed by atoms with E-state index in [9.17, 15) is 9.59 Å². The second-order valence-electron chi connectivity index (χ2n) is 7.50. The van der Waals surface area contributed by atoms with E-state index in [4.69, 9.17) is 14.2 Å². The zero-order valence-electron chi connectivity index (χ0n) is 19.0. The molecule has 0 spiro atoms. The Morgan fingerprint density at radius 1 is 1.03 bits per heavy atom. The SMILES string of the molecule is CCOC(=O)c1ccc(N2CCCN(C(=O)CCc3cccc(OC)c3OC)CC2)nc1. The first-order chi connectivity index (χ1) is 15.6. The molecule has 0 bridgehead atoms. The van der Waals surface area contributed by atoms with E-state index >= 15 is 0 Å². The summed E-state index contributed by atoms with van der Waals surface area (Å²) in [6.45, 7) is 4.96. The fourth-order valence-electron chi connectivity index (χ4n) is 3.85. The van der Waals surface area contributed by atoms with Crippen molar-refractivity contribution < 1.29 is 23.8 Å². The quantitative estimate of drug-likeness (QED) is 0.583. The standard InChI is InChI=1S/C24H31N3O5/c1-4-32-24(29)19-9-11-21(25-17-19)26-13-6-14-27(16-15-26)22(28)12-10-18-7-5-8-20(30-2)23(18)31-3/h5,7-9,11,17H,4,6,10,12-16H2,1-3H3. The highest BCUT2D eigenvalue weighted by atomic mass is 16.5. The lowest BCUT2D eigenvalue weighted by atomic mass is 10.1. The van der Waals surface area contributed by atoms with Crippen LogP contribution in [0.1, 0.15) is 35.7 Å². The van der Waals surface area contributed by atoms with Gasteiger partial charge in [-0.1, -0.05) is 12.1 Å². The van der Waals surface area contributed by atoms with Gasteiger partial charge in [-0.05, 0) is 43.5 Å². The summed E-state index contributed by atoms with van der Waals surface area (Å²) in [6, 6.07) is 9.28. The zero-order valence-corrected chi connectivity index (χ0v) is 19.0. The molecule has 1 amide bonds. The van der Waals surface area contributed by atoms with Gasteiger partial charge in [0, 0.05) is 38.8 Å². The maximum atomic E-state index is 12.9. The number of nitrogens with zero attached hydrogens (tertiary/aromatic N) is 3. The first-order valence-corrected chi connectivity index (χ1v) is 10.9. The van der Waals surface area contributed by atoms with Crippen molar-refractivity contribution in [3.05, 3.63) is 47.7 Å². The van der Waals surface area contributed by atoms with Crippen molar-refractivity contribution in [3.63, 3.8) is 0 Å². The molecule has 1 aliphatic rings. The molecule has 1 aromatic carbocycles. The van der Waals surface area contributed by atoms with E-state index in [-0.39, 0.29) is 11.9 Å². The number of esters is 1. The van der Waals surface area contributed by atoms with E-state index in [1.807, 2.05) is 29.2 Å². The van der Waals surface area contributed by atoms with Crippen molar-refractivity contribution in [1.82, 2.24) is 9.88 Å². The summed E-state index contributed by atoms with van der Waals surface area (Å²) < 4.78 is 15.8. The third kappa shape index (κ3) is 5.69. The van der Waals surface area contributed by atoms with Crippen LogP contribution in [0, 0.1) is 0 Å². The number of aryl methyl sites for hydroxylation is 1. The lowest BCUT2D eigenvalue weighted by Gasteiger charge is -2.23. The summed E-state index contributed by atoms with van der Waals surface area (Å²) in [5.41, 5.74) is 1.40. The molecule has 1 aliphatic heterocycles. The van der Waals surface area contributed by atoms with Gasteiger partial charge in [0.2, 0.25) is 5.91 Å². The minimum atomic E-state index is -0.369. The number of carbonyl (C=O) groups is 2. The van der Waals surface area contributed by atoms with Crippen LogP contribution in [-0.2, 0) is 16.0 Å². The van der Waals surface area contributed by atoms with Gasteiger partial charge in [0.05, 0.1) is 26.4 Å². The molecule has 8 nitrogen and oxygen atoms in total. The molecule has 0 saturated carbocycles. The molecular formula is C24H31N3O5. The number of hydrogen-bond acceptors (Lipinski definition) is 7. The predicted molar refractivity (Wildman–Crippen MR) is 121 cm³/mol. The molecule has 1 fully saturated rings. The van der Waals surface area contributed by atoms with Gasteiger partial charge < -0.3 is 24.0 Å². The second kappa shape index (κ2) is 11.4. The van der Waals surface area contributed by atoms with Gasteiger partial charge in [-0.2, -0.15) is 0 Å². The Kier molecular flexibility index (Phi) is 8.30. The summed E-state index contributed by atoms with van der Waals surface area (Å²) in [6.07, 6.45) is 3.41. The molecule has 1 saturated heterocycles. The Morgan fingerprint density at radius 2 is 1.88 bits per heavy atom. The lowest BCUT2D eigenvalue weighted by Crippen LogP contribution is -2.35. The number of aromatic nitrogens is 1. The average molecular weight is 442 g/mol. The Bertz CT molecular complexity index is 916. The van der Waals surface area contributed by atoms with Crippen LogP contribution in [0.3, 0.4) is 0 Å². The number of amides is 1. The summed E-state index contributed by atoms with van der Waals surface area (Å²) in [7, 11) is 3.22. The Labute approximate surface area is 189 Å². The molecule has 8 heteroatoms. The van der Waals surface area contributed by atoms with Crippen LogP contribution in [0.25, 0.3) is 0 Å². The van der Waals surface area contributed by atoms with Crippen LogP contribution < -0.4 is 14.4 Å². The van der Waals surface area contributed by atoms with E-state index in [2.05, 4.69) is 9.88 Å². The summed E-state index contributed by atoms with van der Waals surface area (Å²) in [5, 5.41) is 0. The fraction of sp³-hybridized carbons (Fsp3) is 0.458. The first kappa shape index (κ1) is 23.4. The molecule has 172 valence electrons. The smallest absolute Gasteiger partial charge is 0.339 e. The molecule has 0 aliphatic carbocycles. The largest absolute Gasteiger partial charge is 0.493 e. The molecule has 0 unspecified atom stereocenters. The summed E-state index contributed by atoms with van der Waals surface area (Å²) >= 11 is 0. The zero-order chi connectivity index (χ0) is 22.9. The highest BCUT2D eigenvalue weighted by molar-refractivity contribution is 5.89. The summed E-state index contributed by atoms with van der Waals surface area (Å²) in [5.74, 6) is 1.91. The number of para-hydroxylation sites is 1. The topological polar surface area (TPSA) is 81.2 Å². The van der Waals surface area contributed by atoms with Gasteiger partial charge in [-0.15, -0.1) is 0 Å². The third-order valence-electron chi connectivity index (χ3n) is 5.52. The number of ether oxygens (including phenoxy) is 3. The van der Waals surface area contributed by atoms with Crippen molar-refractivity contribution in [2.45, 2.75) is 26.2 Å². The average Bonchev–Trinajstić information content (AvgIpc) is 3.09. The second-order valence-corrected chi connectivity index (χ2v) is 7.50. The minimum Gasteiger partial charge on any atom is -0.493 e. The molecule has 0 radical (unpaired) electrons. The van der Waals surface area contributed by atoms with Gasteiger partial charge in [-0.3, -0.25) is 4.79 Å². The highest BCUT2D eigenvalue weighted by Gasteiger charge is 2.21. The van der Waals surface area contributed by atoms with E-state index in [0.29, 0.717) is 56.1 Å². The van der Waals surface area contributed by atoms with Gasteiger partial charge >= 0.3 is 5.97 Å². The molecule has 2 aromatic rings. The Balaban J connectivity index is 1.56.